The minimum atomic E-state index is -1.47. The summed E-state index contributed by atoms with van der Waals surface area (Å²) >= 11 is 5.98. The number of carbonyl (C=O) groups is 2. The smallest absolute Gasteiger partial charge is 0.335 e. The lowest BCUT2D eigenvalue weighted by atomic mass is 10.1. The van der Waals surface area contributed by atoms with Crippen LogP contribution in [0.2, 0.25) is 5.02 Å². The Kier molecular flexibility index (Phi) is 6.55. The lowest BCUT2D eigenvalue weighted by molar-refractivity contribution is -0.113. The van der Waals surface area contributed by atoms with Gasteiger partial charge >= 0.3 is 5.97 Å². The van der Waals surface area contributed by atoms with Gasteiger partial charge in [-0.25, -0.2) is 4.79 Å². The van der Waals surface area contributed by atoms with Crippen LogP contribution < -0.4 is 10.1 Å². The van der Waals surface area contributed by atoms with E-state index in [1.165, 1.54) is 25.3 Å². The van der Waals surface area contributed by atoms with Gasteiger partial charge in [0.1, 0.15) is 11.5 Å². The van der Waals surface area contributed by atoms with Crippen LogP contribution in [0.1, 0.15) is 15.9 Å². The van der Waals surface area contributed by atoms with Crippen LogP contribution >= 0.6 is 11.6 Å². The topological polar surface area (TPSA) is 92.7 Å². The molecular formula is C17H16ClNO5S. The van der Waals surface area contributed by atoms with Crippen molar-refractivity contribution in [1.82, 2.24) is 0 Å². The number of hydrogen-bond acceptors (Lipinski definition) is 4. The molecule has 0 heterocycles. The van der Waals surface area contributed by atoms with E-state index in [4.69, 9.17) is 21.4 Å². The molecule has 1 amide bonds. The summed E-state index contributed by atoms with van der Waals surface area (Å²) in [6.45, 7) is 0. The van der Waals surface area contributed by atoms with Crippen LogP contribution in [-0.2, 0) is 21.3 Å². The first kappa shape index (κ1) is 19.0. The number of aromatic carboxylic acids is 1. The summed E-state index contributed by atoms with van der Waals surface area (Å²) < 4.78 is 17.1. The normalized spacial score (nSPS) is 11.6. The number of carboxylic acids is 1. The average molecular weight is 382 g/mol. The zero-order valence-electron chi connectivity index (χ0n) is 13.3. The second-order valence-corrected chi connectivity index (χ2v) is 7.00. The molecule has 2 N–H and O–H groups in total. The van der Waals surface area contributed by atoms with Gasteiger partial charge in [-0.3, -0.25) is 9.00 Å². The number of nitrogens with one attached hydrogen (secondary N) is 1. The number of hydrogen-bond donors (Lipinski definition) is 2. The van der Waals surface area contributed by atoms with Crippen molar-refractivity contribution in [3.05, 3.63) is 58.6 Å². The van der Waals surface area contributed by atoms with Gasteiger partial charge in [0.05, 0.1) is 17.7 Å². The molecule has 8 heteroatoms. The van der Waals surface area contributed by atoms with Crippen molar-refractivity contribution in [2.24, 2.45) is 0 Å². The van der Waals surface area contributed by atoms with E-state index in [1.807, 2.05) is 0 Å². The summed E-state index contributed by atoms with van der Waals surface area (Å²) in [5.41, 5.74) is 1.19. The number of anilines is 1. The van der Waals surface area contributed by atoms with Crippen molar-refractivity contribution in [3.63, 3.8) is 0 Å². The Morgan fingerprint density at radius 2 is 2.00 bits per heavy atom. The quantitative estimate of drug-likeness (QED) is 0.769. The Morgan fingerprint density at radius 1 is 1.24 bits per heavy atom. The van der Waals surface area contributed by atoms with Gasteiger partial charge in [0.15, 0.2) is 0 Å². The Bertz CT molecular complexity index is 824. The van der Waals surface area contributed by atoms with Gasteiger partial charge < -0.3 is 15.2 Å². The molecule has 2 rings (SSSR count). The van der Waals surface area contributed by atoms with E-state index in [2.05, 4.69) is 5.32 Å². The van der Waals surface area contributed by atoms with Crippen molar-refractivity contribution >= 4 is 40.0 Å². The Hall–Kier alpha value is -2.38. The first-order valence-corrected chi connectivity index (χ1v) is 9.06. The molecular weight excluding hydrogens is 366 g/mol. The number of ether oxygens (including phenoxy) is 1. The summed E-state index contributed by atoms with van der Waals surface area (Å²) in [5.74, 6) is -1.10. The number of rotatable bonds is 7. The Morgan fingerprint density at radius 3 is 2.64 bits per heavy atom. The summed E-state index contributed by atoms with van der Waals surface area (Å²) in [7, 11) is 0.0178. The van der Waals surface area contributed by atoms with Crippen LogP contribution in [0.4, 0.5) is 5.69 Å². The zero-order chi connectivity index (χ0) is 18.4. The van der Waals surface area contributed by atoms with E-state index in [1.54, 1.807) is 24.3 Å². The number of methoxy groups -OCH3 is 1. The van der Waals surface area contributed by atoms with Crippen LogP contribution in [0.5, 0.6) is 5.75 Å². The molecule has 0 bridgehead atoms. The van der Waals surface area contributed by atoms with Crippen LogP contribution in [0.15, 0.2) is 42.5 Å². The van der Waals surface area contributed by atoms with E-state index in [-0.39, 0.29) is 17.1 Å². The molecule has 2 aromatic rings. The molecule has 0 spiro atoms. The maximum Gasteiger partial charge on any atom is 0.335 e. The largest absolute Gasteiger partial charge is 0.495 e. The van der Waals surface area contributed by atoms with E-state index < -0.39 is 22.7 Å². The van der Waals surface area contributed by atoms with E-state index in [0.29, 0.717) is 22.0 Å². The predicted molar refractivity (Wildman–Crippen MR) is 96.7 cm³/mol. The number of carboxylic acid groups (broad SMARTS) is 1. The molecule has 0 aliphatic rings. The highest BCUT2D eigenvalue weighted by atomic mass is 35.5. The summed E-state index contributed by atoms with van der Waals surface area (Å²) in [5, 5.41) is 11.9. The van der Waals surface area contributed by atoms with Crippen LogP contribution in [0.3, 0.4) is 0 Å². The minimum Gasteiger partial charge on any atom is -0.495 e. The minimum absolute atomic E-state index is 0.0951. The molecule has 0 saturated carbocycles. The highest BCUT2D eigenvalue weighted by Gasteiger charge is 2.12. The summed E-state index contributed by atoms with van der Waals surface area (Å²) in [4.78, 5) is 22.9. The van der Waals surface area contributed by atoms with Gasteiger partial charge in [-0.15, -0.1) is 0 Å². The summed E-state index contributed by atoms with van der Waals surface area (Å²) in [6, 6.07) is 10.9. The molecule has 0 radical (unpaired) electrons. The van der Waals surface area contributed by atoms with Crippen molar-refractivity contribution in [3.8, 4) is 5.75 Å². The lowest BCUT2D eigenvalue weighted by Gasteiger charge is -2.08. The van der Waals surface area contributed by atoms with Crippen LogP contribution in [-0.4, -0.2) is 34.1 Å². The maximum atomic E-state index is 12.1. The third-order valence-electron chi connectivity index (χ3n) is 3.23. The third kappa shape index (κ3) is 5.58. The fraction of sp³-hybridized carbons (Fsp3) is 0.176. The monoisotopic (exact) mass is 381 g/mol. The van der Waals surface area contributed by atoms with E-state index >= 15 is 0 Å². The second kappa shape index (κ2) is 8.64. The first-order valence-electron chi connectivity index (χ1n) is 7.19. The average Bonchev–Trinajstić information content (AvgIpc) is 2.55. The Labute approximate surface area is 152 Å². The fourth-order valence-electron chi connectivity index (χ4n) is 2.12. The molecule has 2 aromatic carbocycles. The molecule has 0 saturated heterocycles. The standard InChI is InChI=1S/C17H16ClNO5S/c1-24-15-6-5-13(8-14(15)18)19-16(20)10-25(23)9-11-3-2-4-12(7-11)17(21)22/h2-8H,9-10H2,1H3,(H,19,20)(H,21,22). The van der Waals surface area contributed by atoms with Crippen molar-refractivity contribution < 1.29 is 23.6 Å². The second-order valence-electron chi connectivity index (χ2n) is 5.13. The van der Waals surface area contributed by atoms with Gasteiger partial charge in [-0.05, 0) is 35.9 Å². The molecule has 0 fully saturated rings. The van der Waals surface area contributed by atoms with Crippen LogP contribution in [0.25, 0.3) is 0 Å². The fourth-order valence-corrected chi connectivity index (χ4v) is 3.39. The van der Waals surface area contributed by atoms with Gasteiger partial charge in [-0.2, -0.15) is 0 Å². The number of benzene rings is 2. The molecule has 6 nitrogen and oxygen atoms in total. The van der Waals surface area contributed by atoms with Gasteiger partial charge in [0, 0.05) is 22.2 Å². The molecule has 132 valence electrons. The highest BCUT2D eigenvalue weighted by molar-refractivity contribution is 7.84. The molecule has 0 aromatic heterocycles. The lowest BCUT2D eigenvalue weighted by Crippen LogP contribution is -2.20. The van der Waals surface area contributed by atoms with Gasteiger partial charge in [0.25, 0.3) is 0 Å². The number of amides is 1. The molecule has 0 aliphatic heterocycles. The van der Waals surface area contributed by atoms with Crippen molar-refractivity contribution in [2.45, 2.75) is 5.75 Å². The third-order valence-corrected chi connectivity index (χ3v) is 4.76. The molecule has 25 heavy (non-hydrogen) atoms. The van der Waals surface area contributed by atoms with E-state index in [9.17, 15) is 13.8 Å². The molecule has 1 atom stereocenters. The number of halogens is 1. The van der Waals surface area contributed by atoms with Gasteiger partial charge in [0.2, 0.25) is 5.91 Å². The number of carbonyl (C=O) groups excluding carboxylic acids is 1. The summed E-state index contributed by atoms with van der Waals surface area (Å²) in [6.07, 6.45) is 0. The molecule has 1 unspecified atom stereocenters. The molecule has 0 aliphatic carbocycles. The Balaban J connectivity index is 1.94. The van der Waals surface area contributed by atoms with E-state index in [0.717, 1.165) is 0 Å². The first-order chi connectivity index (χ1) is 11.9. The van der Waals surface area contributed by atoms with Crippen molar-refractivity contribution in [1.29, 1.82) is 0 Å². The zero-order valence-corrected chi connectivity index (χ0v) is 14.9. The SMILES string of the molecule is COc1ccc(NC(=O)CS(=O)Cc2cccc(C(=O)O)c2)cc1Cl. The predicted octanol–water partition coefficient (Wildman–Crippen LogP) is 2.93. The van der Waals surface area contributed by atoms with Crippen LogP contribution in [0, 0.1) is 0 Å². The maximum absolute atomic E-state index is 12.1. The van der Waals surface area contributed by atoms with Gasteiger partial charge in [-0.1, -0.05) is 23.7 Å². The van der Waals surface area contributed by atoms with Crippen molar-refractivity contribution in [2.75, 3.05) is 18.2 Å². The highest BCUT2D eigenvalue weighted by Crippen LogP contribution is 2.27.